The predicted molar refractivity (Wildman–Crippen MR) is 83.7 cm³/mol. The smallest absolute Gasteiger partial charge is 0.196 e. The first-order valence-electron chi connectivity index (χ1n) is 6.42. The molecule has 0 spiro atoms. The number of hydrogen-bond acceptors (Lipinski definition) is 4. The lowest BCUT2D eigenvalue weighted by Gasteiger charge is -2.06. The van der Waals surface area contributed by atoms with Crippen LogP contribution in [0.1, 0.15) is 16.1 Å². The molecule has 0 atom stereocenters. The van der Waals surface area contributed by atoms with Gasteiger partial charge in [0.2, 0.25) is 0 Å². The number of rotatable bonds is 2. The highest BCUT2D eigenvalue weighted by Crippen LogP contribution is 2.33. The summed E-state index contributed by atoms with van der Waals surface area (Å²) >= 11 is 1.67. The van der Waals surface area contributed by atoms with Gasteiger partial charge in [0.15, 0.2) is 4.96 Å². The Morgan fingerprint density at radius 1 is 1.25 bits per heavy atom. The molecule has 1 aromatic carbocycles. The zero-order valence-corrected chi connectivity index (χ0v) is 12.8. The molecule has 0 fully saturated rings. The molecule has 2 heterocycles. The molecule has 5 heteroatoms. The second kappa shape index (κ2) is 4.52. The number of aryl methyl sites for hydroxylation is 3. The number of ether oxygens (including phenoxy) is 1. The molecule has 2 N–H and O–H groups in total. The van der Waals surface area contributed by atoms with E-state index < -0.39 is 0 Å². The van der Waals surface area contributed by atoms with Gasteiger partial charge in [-0.3, -0.25) is 4.40 Å². The van der Waals surface area contributed by atoms with Crippen molar-refractivity contribution >= 4 is 22.1 Å². The largest absolute Gasteiger partial charge is 0.496 e. The molecule has 0 saturated heterocycles. The van der Waals surface area contributed by atoms with Crippen LogP contribution < -0.4 is 10.5 Å². The highest BCUT2D eigenvalue weighted by molar-refractivity contribution is 7.17. The van der Waals surface area contributed by atoms with Gasteiger partial charge in [-0.1, -0.05) is 0 Å². The van der Waals surface area contributed by atoms with Crippen molar-refractivity contribution in [3.05, 3.63) is 34.3 Å². The Bertz CT molecular complexity index is 801. The van der Waals surface area contributed by atoms with E-state index in [4.69, 9.17) is 10.5 Å². The van der Waals surface area contributed by atoms with Gasteiger partial charge >= 0.3 is 0 Å². The van der Waals surface area contributed by atoms with Crippen LogP contribution in [0.3, 0.4) is 0 Å². The van der Waals surface area contributed by atoms with Crippen molar-refractivity contribution in [2.24, 2.45) is 0 Å². The first kappa shape index (κ1) is 13.0. The van der Waals surface area contributed by atoms with Crippen LogP contribution >= 0.6 is 11.3 Å². The van der Waals surface area contributed by atoms with Gasteiger partial charge in [0, 0.05) is 16.1 Å². The van der Waals surface area contributed by atoms with Crippen LogP contribution in [0.2, 0.25) is 0 Å². The number of imidazole rings is 1. The summed E-state index contributed by atoms with van der Waals surface area (Å²) in [6.45, 7) is 6.18. The van der Waals surface area contributed by atoms with Crippen molar-refractivity contribution in [3.8, 4) is 17.0 Å². The minimum absolute atomic E-state index is 0.700. The van der Waals surface area contributed by atoms with Crippen molar-refractivity contribution in [1.82, 2.24) is 9.38 Å². The summed E-state index contributed by atoms with van der Waals surface area (Å²) in [5.74, 6) is 1.58. The fourth-order valence-corrected chi connectivity index (χ4v) is 3.39. The van der Waals surface area contributed by atoms with Crippen molar-refractivity contribution < 1.29 is 4.74 Å². The lowest BCUT2D eigenvalue weighted by atomic mass is 10.1. The Balaban J connectivity index is 2.19. The Kier molecular flexibility index (Phi) is 2.94. The molecule has 0 aliphatic rings. The van der Waals surface area contributed by atoms with E-state index in [0.29, 0.717) is 5.82 Å². The zero-order valence-electron chi connectivity index (χ0n) is 12.0. The number of nitrogen functional groups attached to an aromatic ring is 1. The summed E-state index contributed by atoms with van der Waals surface area (Å²) < 4.78 is 7.31. The van der Waals surface area contributed by atoms with Gasteiger partial charge < -0.3 is 10.5 Å². The normalized spacial score (nSPS) is 11.2. The topological polar surface area (TPSA) is 52.5 Å². The van der Waals surface area contributed by atoms with E-state index in [1.807, 2.05) is 23.5 Å². The van der Waals surface area contributed by atoms with Crippen LogP contribution in [0.5, 0.6) is 5.75 Å². The van der Waals surface area contributed by atoms with Gasteiger partial charge in [-0.15, -0.1) is 11.3 Å². The summed E-state index contributed by atoms with van der Waals surface area (Å²) in [6.07, 6.45) is 0. The first-order chi connectivity index (χ1) is 9.52. The van der Waals surface area contributed by atoms with Gasteiger partial charge in [0.25, 0.3) is 0 Å². The Morgan fingerprint density at radius 3 is 2.60 bits per heavy atom. The molecule has 0 aliphatic heterocycles. The highest BCUT2D eigenvalue weighted by atomic mass is 32.1. The summed E-state index contributed by atoms with van der Waals surface area (Å²) in [5.41, 5.74) is 10.4. The quantitative estimate of drug-likeness (QED) is 0.784. The van der Waals surface area contributed by atoms with Crippen molar-refractivity contribution in [3.63, 3.8) is 0 Å². The monoisotopic (exact) mass is 287 g/mol. The molecule has 0 aliphatic carbocycles. The van der Waals surface area contributed by atoms with Crippen LogP contribution in [0.4, 0.5) is 5.82 Å². The molecule has 0 saturated carbocycles. The number of hydrogen-bond donors (Lipinski definition) is 1. The number of aromatic nitrogens is 2. The van der Waals surface area contributed by atoms with Crippen molar-refractivity contribution in [2.45, 2.75) is 20.8 Å². The molecule has 20 heavy (non-hydrogen) atoms. The maximum Gasteiger partial charge on any atom is 0.196 e. The maximum absolute atomic E-state index is 6.28. The number of fused-ring (bicyclic) bond motifs is 1. The summed E-state index contributed by atoms with van der Waals surface area (Å²) in [5, 5.41) is 0. The van der Waals surface area contributed by atoms with Crippen LogP contribution in [0, 0.1) is 20.8 Å². The number of nitrogens with zero attached hydrogens (tertiary/aromatic N) is 2. The van der Waals surface area contributed by atoms with E-state index in [1.165, 1.54) is 4.88 Å². The minimum atomic E-state index is 0.700. The second-order valence-electron chi connectivity index (χ2n) is 4.89. The van der Waals surface area contributed by atoms with E-state index in [2.05, 4.69) is 24.9 Å². The Morgan fingerprint density at radius 2 is 2.00 bits per heavy atom. The van der Waals surface area contributed by atoms with Crippen LogP contribution in [-0.2, 0) is 0 Å². The van der Waals surface area contributed by atoms with Gasteiger partial charge in [0.05, 0.1) is 7.11 Å². The lowest BCUT2D eigenvalue weighted by molar-refractivity contribution is 0.412. The fraction of sp³-hybridized carbons (Fsp3) is 0.267. The lowest BCUT2D eigenvalue weighted by Crippen LogP contribution is -1.96. The number of methoxy groups -OCH3 is 1. The Labute approximate surface area is 121 Å². The van der Waals surface area contributed by atoms with Gasteiger partial charge in [-0.2, -0.15) is 0 Å². The Hall–Kier alpha value is -2.01. The SMILES string of the molecule is COc1ccc(-c2nc3sc(C)c(C)n3c2N)cc1C. The first-order valence-corrected chi connectivity index (χ1v) is 7.23. The average Bonchev–Trinajstić information content (AvgIpc) is 2.88. The van der Waals surface area contributed by atoms with Gasteiger partial charge in [-0.05, 0) is 44.5 Å². The second-order valence-corrected chi connectivity index (χ2v) is 6.07. The third kappa shape index (κ3) is 1.78. The molecule has 0 unspecified atom stereocenters. The maximum atomic E-state index is 6.28. The summed E-state index contributed by atoms with van der Waals surface area (Å²) in [6, 6.07) is 6.01. The highest BCUT2D eigenvalue weighted by Gasteiger charge is 2.16. The predicted octanol–water partition coefficient (Wildman–Crippen LogP) is 3.58. The number of thiazole rings is 1. The standard InChI is InChI=1S/C15H17N3OS/c1-8-7-11(5-6-12(8)19-4)13-14(16)18-9(2)10(3)20-15(18)17-13/h5-7H,16H2,1-4H3. The molecular weight excluding hydrogens is 270 g/mol. The van der Waals surface area contributed by atoms with Gasteiger partial charge in [0.1, 0.15) is 17.3 Å². The number of nitrogens with two attached hydrogens (primary N) is 1. The van der Waals surface area contributed by atoms with Crippen LogP contribution in [0.15, 0.2) is 18.2 Å². The molecule has 0 radical (unpaired) electrons. The van der Waals surface area contributed by atoms with Crippen molar-refractivity contribution in [1.29, 1.82) is 0 Å². The zero-order chi connectivity index (χ0) is 14.4. The molecule has 4 nitrogen and oxygen atoms in total. The molecule has 3 aromatic rings. The molecule has 0 amide bonds. The van der Waals surface area contributed by atoms with Gasteiger partial charge in [-0.25, -0.2) is 4.98 Å². The molecule has 2 aromatic heterocycles. The van der Waals surface area contributed by atoms with E-state index in [9.17, 15) is 0 Å². The molecule has 0 bridgehead atoms. The van der Waals surface area contributed by atoms with E-state index in [0.717, 1.165) is 33.2 Å². The average molecular weight is 287 g/mol. The van der Waals surface area contributed by atoms with E-state index in [-0.39, 0.29) is 0 Å². The third-order valence-corrected chi connectivity index (χ3v) is 4.70. The van der Waals surface area contributed by atoms with Crippen LogP contribution in [-0.4, -0.2) is 16.5 Å². The summed E-state index contributed by atoms with van der Waals surface area (Å²) in [4.78, 5) is 6.87. The minimum Gasteiger partial charge on any atom is -0.496 e. The molecule has 104 valence electrons. The molecular formula is C15H17N3OS. The van der Waals surface area contributed by atoms with E-state index in [1.54, 1.807) is 18.4 Å². The number of anilines is 1. The van der Waals surface area contributed by atoms with E-state index >= 15 is 0 Å². The summed E-state index contributed by atoms with van der Waals surface area (Å²) in [7, 11) is 1.68. The fourth-order valence-electron chi connectivity index (χ4n) is 2.41. The third-order valence-electron chi connectivity index (χ3n) is 3.64. The number of benzene rings is 1. The molecule has 3 rings (SSSR count). The van der Waals surface area contributed by atoms with Crippen LogP contribution in [0.25, 0.3) is 16.2 Å². The van der Waals surface area contributed by atoms with Crippen molar-refractivity contribution in [2.75, 3.05) is 12.8 Å².